The maximum absolute atomic E-state index is 12.7. The number of anilines is 1. The zero-order valence-electron chi connectivity index (χ0n) is 17.3. The third-order valence-electron chi connectivity index (χ3n) is 5.01. The molecule has 162 valence electrons. The zero-order valence-corrected chi connectivity index (χ0v) is 17.3. The highest BCUT2D eigenvalue weighted by molar-refractivity contribution is 5.80. The first-order chi connectivity index (χ1) is 14.6. The van der Waals surface area contributed by atoms with Crippen molar-refractivity contribution in [2.24, 2.45) is 4.99 Å². The Morgan fingerprint density at radius 3 is 2.83 bits per heavy atom. The first kappa shape index (κ1) is 21.7. The van der Waals surface area contributed by atoms with E-state index in [0.29, 0.717) is 12.2 Å². The Labute approximate surface area is 175 Å². The number of hydrogen-bond acceptors (Lipinski definition) is 4. The van der Waals surface area contributed by atoms with Crippen molar-refractivity contribution in [1.29, 1.82) is 0 Å². The molecule has 0 aliphatic carbocycles. The number of guanidine groups is 1. The molecule has 8 heteroatoms. The second-order valence-electron chi connectivity index (χ2n) is 7.02. The Hall–Kier alpha value is -3.03. The Morgan fingerprint density at radius 1 is 1.23 bits per heavy atom. The Bertz CT molecular complexity index is 847. The number of alkyl halides is 2. The van der Waals surface area contributed by atoms with Crippen molar-refractivity contribution in [3.8, 4) is 11.5 Å². The van der Waals surface area contributed by atoms with E-state index in [1.807, 2.05) is 24.3 Å². The van der Waals surface area contributed by atoms with Crippen LogP contribution in [-0.4, -0.2) is 52.4 Å². The van der Waals surface area contributed by atoms with E-state index in [4.69, 9.17) is 4.74 Å². The third-order valence-corrected chi connectivity index (χ3v) is 5.01. The lowest BCUT2D eigenvalue weighted by Gasteiger charge is -2.22. The van der Waals surface area contributed by atoms with Crippen LogP contribution < -0.4 is 25.0 Å². The molecule has 2 N–H and O–H groups in total. The zero-order chi connectivity index (χ0) is 21.3. The molecule has 0 amide bonds. The summed E-state index contributed by atoms with van der Waals surface area (Å²) in [6.45, 7) is -0.674. The van der Waals surface area contributed by atoms with Crippen LogP contribution in [0.4, 0.5) is 14.5 Å². The molecule has 1 unspecified atom stereocenters. The standard InChI is InChI=1S/C22H28F2N4O2/c1-25-22(26-12-10-16-6-5-7-18(14-16)29-2)27-17-11-13-28(15-17)19-8-3-4-9-20(19)30-21(23)24/h3-9,14,17,21H,10-13,15H2,1-2H3,(H2,25,26,27). The molecule has 1 atom stereocenters. The number of halogens is 2. The van der Waals surface area contributed by atoms with Gasteiger partial charge in [-0.05, 0) is 42.7 Å². The van der Waals surface area contributed by atoms with Gasteiger partial charge in [0.15, 0.2) is 5.96 Å². The van der Waals surface area contributed by atoms with Crippen LogP contribution in [0.15, 0.2) is 53.5 Å². The third kappa shape index (κ3) is 5.98. The van der Waals surface area contributed by atoms with Gasteiger partial charge >= 0.3 is 6.61 Å². The summed E-state index contributed by atoms with van der Waals surface area (Å²) in [5, 5.41) is 6.75. The van der Waals surface area contributed by atoms with E-state index in [2.05, 4.69) is 31.3 Å². The van der Waals surface area contributed by atoms with E-state index in [-0.39, 0.29) is 11.8 Å². The minimum absolute atomic E-state index is 0.160. The molecule has 1 fully saturated rings. The molecular formula is C22H28F2N4O2. The Morgan fingerprint density at radius 2 is 2.07 bits per heavy atom. The van der Waals surface area contributed by atoms with Crippen molar-refractivity contribution in [1.82, 2.24) is 10.6 Å². The SMILES string of the molecule is CN=C(NCCc1cccc(OC)c1)NC1CCN(c2ccccc2OC(F)F)C1. The van der Waals surface area contributed by atoms with Crippen molar-refractivity contribution in [2.75, 3.05) is 38.7 Å². The van der Waals surface area contributed by atoms with Crippen LogP contribution in [-0.2, 0) is 6.42 Å². The molecule has 1 aliphatic heterocycles. The highest BCUT2D eigenvalue weighted by Crippen LogP contribution is 2.31. The molecule has 2 aromatic carbocycles. The number of nitrogens with zero attached hydrogens (tertiary/aromatic N) is 2. The lowest BCUT2D eigenvalue weighted by atomic mass is 10.1. The normalized spacial score (nSPS) is 16.6. The summed E-state index contributed by atoms with van der Waals surface area (Å²) in [5.74, 6) is 1.77. The quantitative estimate of drug-likeness (QED) is 0.509. The summed E-state index contributed by atoms with van der Waals surface area (Å²) in [5.41, 5.74) is 1.86. The number of methoxy groups -OCH3 is 1. The first-order valence-corrected chi connectivity index (χ1v) is 9.98. The van der Waals surface area contributed by atoms with Gasteiger partial charge in [-0.25, -0.2) is 0 Å². The van der Waals surface area contributed by atoms with Gasteiger partial charge in [0.1, 0.15) is 11.5 Å². The van der Waals surface area contributed by atoms with E-state index in [1.54, 1.807) is 32.4 Å². The van der Waals surface area contributed by atoms with Gasteiger partial charge in [-0.1, -0.05) is 24.3 Å². The second kappa shape index (κ2) is 10.7. The highest BCUT2D eigenvalue weighted by Gasteiger charge is 2.26. The molecule has 2 aromatic rings. The summed E-state index contributed by atoms with van der Waals surface area (Å²) < 4.78 is 35.3. The number of benzene rings is 2. The largest absolute Gasteiger partial charge is 0.497 e. The smallest absolute Gasteiger partial charge is 0.387 e. The van der Waals surface area contributed by atoms with Crippen LogP contribution in [0, 0.1) is 0 Å². The molecule has 0 spiro atoms. The van der Waals surface area contributed by atoms with Crippen LogP contribution in [0.25, 0.3) is 0 Å². The van der Waals surface area contributed by atoms with Gasteiger partial charge in [0.05, 0.1) is 12.8 Å². The molecule has 0 saturated carbocycles. The van der Waals surface area contributed by atoms with Gasteiger partial charge in [-0.2, -0.15) is 8.78 Å². The molecule has 0 aromatic heterocycles. The van der Waals surface area contributed by atoms with Gasteiger partial charge in [0, 0.05) is 32.7 Å². The summed E-state index contributed by atoms with van der Waals surface area (Å²) in [4.78, 5) is 6.35. The summed E-state index contributed by atoms with van der Waals surface area (Å²) in [6.07, 6.45) is 1.71. The van der Waals surface area contributed by atoms with Crippen LogP contribution in [0.5, 0.6) is 11.5 Å². The van der Waals surface area contributed by atoms with Crippen molar-refractivity contribution in [3.63, 3.8) is 0 Å². The highest BCUT2D eigenvalue weighted by atomic mass is 19.3. The van der Waals surface area contributed by atoms with Crippen LogP contribution in [0.2, 0.25) is 0 Å². The predicted octanol–water partition coefficient (Wildman–Crippen LogP) is 3.28. The molecule has 0 radical (unpaired) electrons. The molecule has 6 nitrogen and oxygen atoms in total. The summed E-state index contributed by atoms with van der Waals surface area (Å²) in [6, 6.07) is 15.0. The van der Waals surface area contributed by atoms with Crippen LogP contribution in [0.1, 0.15) is 12.0 Å². The Kier molecular flexibility index (Phi) is 7.70. The number of rotatable bonds is 8. The molecule has 1 saturated heterocycles. The Balaban J connectivity index is 1.50. The number of aliphatic imine (C=N–C) groups is 1. The van der Waals surface area contributed by atoms with Gasteiger partial charge in [-0.3, -0.25) is 4.99 Å². The molecule has 3 rings (SSSR count). The van der Waals surface area contributed by atoms with E-state index in [0.717, 1.165) is 37.6 Å². The number of para-hydroxylation sites is 2. The first-order valence-electron chi connectivity index (χ1n) is 9.98. The van der Waals surface area contributed by atoms with Gasteiger partial charge < -0.3 is 25.0 Å². The topological polar surface area (TPSA) is 58.1 Å². The van der Waals surface area contributed by atoms with Crippen molar-refractivity contribution in [2.45, 2.75) is 25.5 Å². The summed E-state index contributed by atoms with van der Waals surface area (Å²) in [7, 11) is 3.39. The monoisotopic (exact) mass is 418 g/mol. The van der Waals surface area contributed by atoms with Gasteiger partial charge in [-0.15, -0.1) is 0 Å². The van der Waals surface area contributed by atoms with E-state index < -0.39 is 6.61 Å². The average molecular weight is 418 g/mol. The fourth-order valence-electron chi connectivity index (χ4n) is 3.55. The second-order valence-corrected chi connectivity index (χ2v) is 7.02. The molecule has 30 heavy (non-hydrogen) atoms. The van der Waals surface area contributed by atoms with Gasteiger partial charge in [0.2, 0.25) is 0 Å². The fourth-order valence-corrected chi connectivity index (χ4v) is 3.55. The minimum Gasteiger partial charge on any atom is -0.497 e. The van der Waals surface area contributed by atoms with Crippen molar-refractivity contribution >= 4 is 11.6 Å². The number of hydrogen-bond donors (Lipinski definition) is 2. The fraction of sp³-hybridized carbons (Fsp3) is 0.409. The molecule has 1 aliphatic rings. The van der Waals surface area contributed by atoms with E-state index in [1.165, 1.54) is 5.56 Å². The maximum atomic E-state index is 12.7. The summed E-state index contributed by atoms with van der Waals surface area (Å²) >= 11 is 0. The molecular weight excluding hydrogens is 390 g/mol. The maximum Gasteiger partial charge on any atom is 0.387 e. The van der Waals surface area contributed by atoms with Crippen molar-refractivity contribution < 1.29 is 18.3 Å². The molecule has 1 heterocycles. The van der Waals surface area contributed by atoms with Gasteiger partial charge in [0.25, 0.3) is 0 Å². The van der Waals surface area contributed by atoms with Crippen molar-refractivity contribution in [3.05, 3.63) is 54.1 Å². The van der Waals surface area contributed by atoms with E-state index in [9.17, 15) is 8.78 Å². The minimum atomic E-state index is -2.84. The number of ether oxygens (including phenoxy) is 2. The lowest BCUT2D eigenvalue weighted by molar-refractivity contribution is -0.0495. The van der Waals surface area contributed by atoms with Crippen LogP contribution in [0.3, 0.4) is 0 Å². The molecule has 0 bridgehead atoms. The lowest BCUT2D eigenvalue weighted by Crippen LogP contribution is -2.45. The number of nitrogens with one attached hydrogen (secondary N) is 2. The average Bonchev–Trinajstić information content (AvgIpc) is 3.21. The van der Waals surface area contributed by atoms with Crippen LogP contribution >= 0.6 is 0 Å². The predicted molar refractivity (Wildman–Crippen MR) is 115 cm³/mol. The van der Waals surface area contributed by atoms with E-state index >= 15 is 0 Å².